The Labute approximate surface area is 206 Å². The molecule has 0 aliphatic rings. The maximum absolute atomic E-state index is 12.4. The zero-order chi connectivity index (χ0) is 23.8. The summed E-state index contributed by atoms with van der Waals surface area (Å²) in [5, 5.41) is 13.8. The van der Waals surface area contributed by atoms with E-state index in [1.54, 1.807) is 18.5 Å². The van der Waals surface area contributed by atoms with Crippen LogP contribution in [0.4, 0.5) is 0 Å². The second-order valence-electron chi connectivity index (χ2n) is 6.91. The molecule has 172 valence electrons. The fourth-order valence-electron chi connectivity index (χ4n) is 3.05. The number of aromatic nitrogens is 4. The van der Waals surface area contributed by atoms with E-state index in [-0.39, 0.29) is 11.7 Å². The standard InChI is InChI=1S/C24H21ClN6O2S/c1-2-33-20-11-9-19(10-12-20)31-23(18-7-5-13-26-14-18)29-30-24(31)34-16-22(32)28-27-15-17-6-3-4-8-21(17)25/h3-15H,2,16H2,1H3,(H,28,32)/b27-15+. The van der Waals surface area contributed by atoms with Gasteiger partial charge in [-0.15, -0.1) is 10.2 Å². The van der Waals surface area contributed by atoms with Crippen molar-refractivity contribution in [2.24, 2.45) is 5.10 Å². The van der Waals surface area contributed by atoms with Gasteiger partial charge in [0.2, 0.25) is 0 Å². The Bertz CT molecular complexity index is 1280. The molecule has 0 unspecified atom stereocenters. The first-order valence-corrected chi connectivity index (χ1v) is 11.8. The van der Waals surface area contributed by atoms with Crippen molar-refractivity contribution in [1.82, 2.24) is 25.2 Å². The molecule has 4 rings (SSSR count). The molecule has 8 nitrogen and oxygen atoms in total. The van der Waals surface area contributed by atoms with Crippen LogP contribution in [-0.4, -0.2) is 44.2 Å². The number of nitrogens with one attached hydrogen (secondary N) is 1. The molecule has 2 heterocycles. The van der Waals surface area contributed by atoms with Crippen LogP contribution in [0.5, 0.6) is 5.75 Å². The number of amides is 1. The number of ether oxygens (including phenoxy) is 1. The molecule has 0 spiro atoms. The number of hydrazone groups is 1. The Hall–Kier alpha value is -3.69. The van der Waals surface area contributed by atoms with Crippen molar-refractivity contribution in [1.29, 1.82) is 0 Å². The molecular formula is C24H21ClN6O2S. The molecule has 0 aliphatic carbocycles. The van der Waals surface area contributed by atoms with Gasteiger partial charge in [-0.25, -0.2) is 5.43 Å². The van der Waals surface area contributed by atoms with Gasteiger partial charge in [-0.3, -0.25) is 14.3 Å². The van der Waals surface area contributed by atoms with E-state index in [2.05, 4.69) is 25.7 Å². The molecule has 10 heteroatoms. The molecular weight excluding hydrogens is 472 g/mol. The van der Waals surface area contributed by atoms with E-state index in [1.807, 2.05) is 66.1 Å². The van der Waals surface area contributed by atoms with E-state index in [0.717, 1.165) is 17.0 Å². The van der Waals surface area contributed by atoms with Crippen molar-refractivity contribution in [3.63, 3.8) is 0 Å². The first-order chi connectivity index (χ1) is 16.7. The van der Waals surface area contributed by atoms with Gasteiger partial charge in [-0.2, -0.15) is 5.10 Å². The summed E-state index contributed by atoms with van der Waals surface area (Å²) in [5.41, 5.74) is 4.88. The van der Waals surface area contributed by atoms with E-state index < -0.39 is 0 Å². The molecule has 0 radical (unpaired) electrons. The smallest absolute Gasteiger partial charge is 0.250 e. The number of hydrogen-bond donors (Lipinski definition) is 1. The van der Waals surface area contributed by atoms with Crippen LogP contribution in [0.2, 0.25) is 5.02 Å². The van der Waals surface area contributed by atoms with Crippen LogP contribution in [0, 0.1) is 0 Å². The fraction of sp³-hybridized carbons (Fsp3) is 0.125. The number of hydrogen-bond acceptors (Lipinski definition) is 7. The van der Waals surface area contributed by atoms with Crippen LogP contribution in [0.15, 0.2) is 83.3 Å². The number of rotatable bonds is 9. The topological polar surface area (TPSA) is 94.3 Å². The lowest BCUT2D eigenvalue weighted by Gasteiger charge is -2.11. The minimum Gasteiger partial charge on any atom is -0.494 e. The number of benzene rings is 2. The normalized spacial score (nSPS) is 11.0. The predicted molar refractivity (Wildman–Crippen MR) is 134 cm³/mol. The number of carbonyl (C=O) groups excluding carboxylic acids is 1. The van der Waals surface area contributed by atoms with E-state index in [1.165, 1.54) is 18.0 Å². The van der Waals surface area contributed by atoms with Gasteiger partial charge in [0, 0.05) is 34.2 Å². The molecule has 0 saturated heterocycles. The number of pyridine rings is 1. The van der Waals surface area contributed by atoms with Crippen LogP contribution >= 0.6 is 23.4 Å². The van der Waals surface area contributed by atoms with E-state index in [4.69, 9.17) is 16.3 Å². The van der Waals surface area contributed by atoms with Crippen LogP contribution in [0.3, 0.4) is 0 Å². The fourth-order valence-corrected chi connectivity index (χ4v) is 3.98. The summed E-state index contributed by atoms with van der Waals surface area (Å²) < 4.78 is 7.44. The van der Waals surface area contributed by atoms with E-state index >= 15 is 0 Å². The Balaban J connectivity index is 1.51. The quantitative estimate of drug-likeness (QED) is 0.208. The summed E-state index contributed by atoms with van der Waals surface area (Å²) in [6, 6.07) is 18.6. The Morgan fingerprint density at radius 3 is 2.71 bits per heavy atom. The highest BCUT2D eigenvalue weighted by Gasteiger charge is 2.17. The third-order valence-electron chi connectivity index (χ3n) is 4.59. The summed E-state index contributed by atoms with van der Waals surface area (Å²) in [5.74, 6) is 1.21. The second-order valence-corrected chi connectivity index (χ2v) is 8.26. The van der Waals surface area contributed by atoms with Gasteiger partial charge in [0.25, 0.3) is 5.91 Å². The summed E-state index contributed by atoms with van der Waals surface area (Å²) >= 11 is 7.35. The Morgan fingerprint density at radius 1 is 1.15 bits per heavy atom. The second kappa shape index (κ2) is 11.4. The lowest BCUT2D eigenvalue weighted by Crippen LogP contribution is -2.20. The molecule has 0 fully saturated rings. The average molecular weight is 493 g/mol. The van der Waals surface area contributed by atoms with Gasteiger partial charge in [0.1, 0.15) is 5.75 Å². The molecule has 0 aliphatic heterocycles. The number of halogens is 1. The lowest BCUT2D eigenvalue weighted by atomic mass is 10.2. The number of nitrogens with zero attached hydrogens (tertiary/aromatic N) is 5. The van der Waals surface area contributed by atoms with Crippen molar-refractivity contribution >= 4 is 35.5 Å². The molecule has 1 amide bonds. The lowest BCUT2D eigenvalue weighted by molar-refractivity contribution is -0.118. The highest BCUT2D eigenvalue weighted by atomic mass is 35.5. The van der Waals surface area contributed by atoms with Crippen LogP contribution in [0.25, 0.3) is 17.1 Å². The molecule has 0 saturated carbocycles. The van der Waals surface area contributed by atoms with Crippen LogP contribution < -0.4 is 10.2 Å². The van der Waals surface area contributed by atoms with Gasteiger partial charge in [0.05, 0.1) is 18.6 Å². The number of thioether (sulfide) groups is 1. The van der Waals surface area contributed by atoms with Gasteiger partial charge in [0.15, 0.2) is 11.0 Å². The maximum atomic E-state index is 12.4. The van der Waals surface area contributed by atoms with Gasteiger partial charge < -0.3 is 4.74 Å². The number of carbonyl (C=O) groups is 1. The predicted octanol–water partition coefficient (Wildman–Crippen LogP) is 4.62. The van der Waals surface area contributed by atoms with Gasteiger partial charge >= 0.3 is 0 Å². The first kappa shape index (κ1) is 23.5. The van der Waals surface area contributed by atoms with Gasteiger partial charge in [-0.05, 0) is 49.4 Å². The Morgan fingerprint density at radius 2 is 1.97 bits per heavy atom. The third-order valence-corrected chi connectivity index (χ3v) is 5.86. The first-order valence-electron chi connectivity index (χ1n) is 10.4. The highest BCUT2D eigenvalue weighted by molar-refractivity contribution is 7.99. The maximum Gasteiger partial charge on any atom is 0.250 e. The zero-order valence-corrected chi connectivity index (χ0v) is 19.8. The molecule has 0 bridgehead atoms. The molecule has 2 aromatic heterocycles. The Kier molecular flexibility index (Phi) is 7.90. The average Bonchev–Trinajstić information content (AvgIpc) is 3.29. The molecule has 34 heavy (non-hydrogen) atoms. The molecule has 4 aromatic rings. The summed E-state index contributed by atoms with van der Waals surface area (Å²) in [4.78, 5) is 16.6. The van der Waals surface area contributed by atoms with E-state index in [0.29, 0.717) is 28.2 Å². The van der Waals surface area contributed by atoms with Crippen LogP contribution in [-0.2, 0) is 4.79 Å². The van der Waals surface area contributed by atoms with Crippen molar-refractivity contribution < 1.29 is 9.53 Å². The van der Waals surface area contributed by atoms with E-state index in [9.17, 15) is 4.79 Å². The van der Waals surface area contributed by atoms with Crippen molar-refractivity contribution in [3.05, 3.63) is 83.6 Å². The van der Waals surface area contributed by atoms with Crippen LogP contribution in [0.1, 0.15) is 12.5 Å². The third kappa shape index (κ3) is 5.81. The zero-order valence-electron chi connectivity index (χ0n) is 18.3. The molecule has 2 aromatic carbocycles. The molecule has 1 N–H and O–H groups in total. The van der Waals surface area contributed by atoms with Crippen molar-refractivity contribution in [2.75, 3.05) is 12.4 Å². The monoisotopic (exact) mass is 492 g/mol. The largest absolute Gasteiger partial charge is 0.494 e. The minimum atomic E-state index is -0.280. The summed E-state index contributed by atoms with van der Waals surface area (Å²) in [6.45, 7) is 2.52. The molecule has 0 atom stereocenters. The summed E-state index contributed by atoms with van der Waals surface area (Å²) in [6.07, 6.45) is 4.93. The highest BCUT2D eigenvalue weighted by Crippen LogP contribution is 2.28. The summed E-state index contributed by atoms with van der Waals surface area (Å²) in [7, 11) is 0. The van der Waals surface area contributed by atoms with Gasteiger partial charge in [-0.1, -0.05) is 41.6 Å². The van der Waals surface area contributed by atoms with Crippen molar-refractivity contribution in [2.45, 2.75) is 12.1 Å². The van der Waals surface area contributed by atoms with Crippen molar-refractivity contribution in [3.8, 4) is 22.8 Å². The SMILES string of the molecule is CCOc1ccc(-n2c(SCC(=O)N/N=C/c3ccccc3Cl)nnc2-c2cccnc2)cc1. The minimum absolute atomic E-state index is 0.0993.